The Bertz CT molecular complexity index is 583. The molecule has 21 heavy (non-hydrogen) atoms. The van der Waals surface area contributed by atoms with Crippen molar-refractivity contribution in [2.75, 3.05) is 6.61 Å². The SMILES string of the molecule is CCOC(=O)C(O)C(O)c1ccc(-c2ccncc2)cc1. The van der Waals surface area contributed by atoms with Crippen LogP contribution in [0.4, 0.5) is 0 Å². The first kappa shape index (κ1) is 15.2. The maximum Gasteiger partial charge on any atom is 0.338 e. The van der Waals surface area contributed by atoms with Crippen LogP contribution in [0.25, 0.3) is 11.1 Å². The normalized spacial score (nSPS) is 13.5. The van der Waals surface area contributed by atoms with E-state index >= 15 is 0 Å². The summed E-state index contributed by atoms with van der Waals surface area (Å²) in [7, 11) is 0. The molecule has 1 aromatic carbocycles. The van der Waals surface area contributed by atoms with Crippen LogP contribution in [-0.2, 0) is 9.53 Å². The van der Waals surface area contributed by atoms with Gasteiger partial charge in [-0.15, -0.1) is 0 Å². The van der Waals surface area contributed by atoms with Crippen molar-refractivity contribution in [2.24, 2.45) is 0 Å². The highest BCUT2D eigenvalue weighted by Gasteiger charge is 2.26. The number of ether oxygens (including phenoxy) is 1. The molecule has 0 fully saturated rings. The number of nitrogens with zero attached hydrogens (tertiary/aromatic N) is 1. The molecule has 0 bridgehead atoms. The van der Waals surface area contributed by atoms with Crippen LogP contribution in [0, 0.1) is 0 Å². The molecule has 2 rings (SSSR count). The van der Waals surface area contributed by atoms with Gasteiger partial charge in [-0.1, -0.05) is 24.3 Å². The summed E-state index contributed by atoms with van der Waals surface area (Å²) in [6.45, 7) is 1.80. The summed E-state index contributed by atoms with van der Waals surface area (Å²) in [6.07, 6.45) is 0.498. The number of hydrogen-bond donors (Lipinski definition) is 2. The molecular formula is C16H17NO4. The van der Waals surface area contributed by atoms with Gasteiger partial charge in [0.25, 0.3) is 0 Å². The molecule has 2 atom stereocenters. The molecule has 0 aliphatic carbocycles. The van der Waals surface area contributed by atoms with Crippen LogP contribution in [0.2, 0.25) is 0 Å². The van der Waals surface area contributed by atoms with Gasteiger partial charge in [-0.3, -0.25) is 4.98 Å². The van der Waals surface area contributed by atoms with Crippen LogP contribution in [0.1, 0.15) is 18.6 Å². The molecule has 0 aliphatic heterocycles. The second-order valence-corrected chi connectivity index (χ2v) is 4.50. The first-order valence-electron chi connectivity index (χ1n) is 6.66. The predicted molar refractivity (Wildman–Crippen MR) is 77.3 cm³/mol. The molecular weight excluding hydrogens is 270 g/mol. The van der Waals surface area contributed by atoms with Crippen LogP contribution in [0.15, 0.2) is 48.8 Å². The third kappa shape index (κ3) is 3.65. The number of aliphatic hydroxyl groups is 2. The Labute approximate surface area is 122 Å². The van der Waals surface area contributed by atoms with E-state index in [0.29, 0.717) is 5.56 Å². The summed E-state index contributed by atoms with van der Waals surface area (Å²) in [4.78, 5) is 15.4. The second-order valence-electron chi connectivity index (χ2n) is 4.50. The number of hydrogen-bond acceptors (Lipinski definition) is 5. The van der Waals surface area contributed by atoms with Crippen LogP contribution >= 0.6 is 0 Å². The molecule has 0 aliphatic rings. The van der Waals surface area contributed by atoms with Crippen molar-refractivity contribution < 1.29 is 19.7 Å². The molecule has 0 amide bonds. The third-order valence-corrected chi connectivity index (χ3v) is 3.09. The summed E-state index contributed by atoms with van der Waals surface area (Å²) >= 11 is 0. The highest BCUT2D eigenvalue weighted by atomic mass is 16.5. The lowest BCUT2D eigenvalue weighted by Gasteiger charge is -2.17. The van der Waals surface area contributed by atoms with E-state index in [9.17, 15) is 15.0 Å². The van der Waals surface area contributed by atoms with E-state index in [-0.39, 0.29) is 6.61 Å². The zero-order valence-corrected chi connectivity index (χ0v) is 11.6. The van der Waals surface area contributed by atoms with Gasteiger partial charge in [-0.05, 0) is 35.7 Å². The van der Waals surface area contributed by atoms with E-state index in [0.717, 1.165) is 11.1 Å². The molecule has 2 aromatic rings. The molecule has 110 valence electrons. The lowest BCUT2D eigenvalue weighted by atomic mass is 10.00. The average Bonchev–Trinajstić information content (AvgIpc) is 2.54. The molecule has 5 nitrogen and oxygen atoms in total. The van der Waals surface area contributed by atoms with Gasteiger partial charge in [-0.2, -0.15) is 0 Å². The van der Waals surface area contributed by atoms with E-state index in [1.165, 1.54) is 0 Å². The monoisotopic (exact) mass is 287 g/mol. The van der Waals surface area contributed by atoms with Crippen molar-refractivity contribution in [3.05, 3.63) is 54.4 Å². The summed E-state index contributed by atoms with van der Waals surface area (Å²) < 4.78 is 4.68. The number of carbonyl (C=O) groups is 1. The van der Waals surface area contributed by atoms with Crippen molar-refractivity contribution in [2.45, 2.75) is 19.1 Å². The Morgan fingerprint density at radius 2 is 1.67 bits per heavy atom. The Balaban J connectivity index is 2.13. The van der Waals surface area contributed by atoms with E-state index in [2.05, 4.69) is 9.72 Å². The Hall–Kier alpha value is -2.24. The first-order valence-corrected chi connectivity index (χ1v) is 6.66. The van der Waals surface area contributed by atoms with Gasteiger partial charge in [0.05, 0.1) is 6.61 Å². The smallest absolute Gasteiger partial charge is 0.338 e. The molecule has 1 aromatic heterocycles. The lowest BCUT2D eigenvalue weighted by Crippen LogP contribution is -2.29. The average molecular weight is 287 g/mol. The van der Waals surface area contributed by atoms with Crippen molar-refractivity contribution in [1.82, 2.24) is 4.98 Å². The number of benzene rings is 1. The minimum absolute atomic E-state index is 0.156. The number of aromatic nitrogens is 1. The molecule has 0 radical (unpaired) electrons. The Morgan fingerprint density at radius 1 is 1.10 bits per heavy atom. The van der Waals surface area contributed by atoms with Crippen molar-refractivity contribution in [3.63, 3.8) is 0 Å². The Morgan fingerprint density at radius 3 is 2.24 bits per heavy atom. The number of carbonyl (C=O) groups excluding carboxylic acids is 1. The fraction of sp³-hybridized carbons (Fsp3) is 0.250. The standard InChI is InChI=1S/C16H17NO4/c1-2-21-16(20)15(19)14(18)13-5-3-11(4-6-13)12-7-9-17-10-8-12/h3-10,14-15,18-19H,2H2,1H3. The fourth-order valence-electron chi connectivity index (χ4n) is 1.96. The molecule has 1 heterocycles. The molecule has 0 spiro atoms. The summed E-state index contributed by atoms with van der Waals surface area (Å²) in [5, 5.41) is 19.7. The van der Waals surface area contributed by atoms with E-state index in [4.69, 9.17) is 0 Å². The van der Waals surface area contributed by atoms with Gasteiger partial charge in [0.1, 0.15) is 6.10 Å². The minimum atomic E-state index is -1.59. The number of esters is 1. The van der Waals surface area contributed by atoms with Crippen LogP contribution in [-0.4, -0.2) is 33.9 Å². The predicted octanol–water partition coefficient (Wildman–Crippen LogP) is 1.71. The highest BCUT2D eigenvalue weighted by Crippen LogP contribution is 2.23. The maximum absolute atomic E-state index is 11.4. The third-order valence-electron chi connectivity index (χ3n) is 3.09. The molecule has 2 unspecified atom stereocenters. The zero-order chi connectivity index (χ0) is 15.2. The van der Waals surface area contributed by atoms with E-state index < -0.39 is 18.2 Å². The minimum Gasteiger partial charge on any atom is -0.464 e. The van der Waals surface area contributed by atoms with Gasteiger partial charge < -0.3 is 14.9 Å². The van der Waals surface area contributed by atoms with Gasteiger partial charge in [0, 0.05) is 12.4 Å². The summed E-state index contributed by atoms with van der Waals surface area (Å²) in [5.41, 5.74) is 2.41. The fourth-order valence-corrected chi connectivity index (χ4v) is 1.96. The zero-order valence-electron chi connectivity index (χ0n) is 11.6. The highest BCUT2D eigenvalue weighted by molar-refractivity contribution is 5.75. The van der Waals surface area contributed by atoms with Gasteiger partial charge in [0.2, 0.25) is 0 Å². The van der Waals surface area contributed by atoms with Crippen LogP contribution in [0.3, 0.4) is 0 Å². The molecule has 2 N–H and O–H groups in total. The van der Waals surface area contributed by atoms with Gasteiger partial charge >= 0.3 is 5.97 Å². The number of rotatable bonds is 5. The lowest BCUT2D eigenvalue weighted by molar-refractivity contribution is -0.159. The van der Waals surface area contributed by atoms with Crippen molar-refractivity contribution in [3.8, 4) is 11.1 Å². The van der Waals surface area contributed by atoms with Crippen LogP contribution < -0.4 is 0 Å². The largest absolute Gasteiger partial charge is 0.464 e. The summed E-state index contributed by atoms with van der Waals surface area (Å²) in [5.74, 6) is -0.830. The maximum atomic E-state index is 11.4. The summed E-state index contributed by atoms with van der Waals surface area (Å²) in [6, 6.07) is 10.7. The van der Waals surface area contributed by atoms with Gasteiger partial charge in [0.15, 0.2) is 6.10 Å². The van der Waals surface area contributed by atoms with E-state index in [1.807, 2.05) is 24.3 Å². The van der Waals surface area contributed by atoms with Gasteiger partial charge in [-0.25, -0.2) is 4.79 Å². The topological polar surface area (TPSA) is 79.7 Å². The van der Waals surface area contributed by atoms with Crippen LogP contribution in [0.5, 0.6) is 0 Å². The second kappa shape index (κ2) is 6.97. The molecule has 0 saturated carbocycles. The number of pyridine rings is 1. The van der Waals surface area contributed by atoms with Crippen molar-refractivity contribution in [1.29, 1.82) is 0 Å². The van der Waals surface area contributed by atoms with Crippen molar-refractivity contribution >= 4 is 5.97 Å². The number of aliphatic hydroxyl groups excluding tert-OH is 2. The first-order chi connectivity index (χ1) is 10.1. The van der Waals surface area contributed by atoms with E-state index in [1.54, 1.807) is 31.5 Å². The molecule has 5 heteroatoms. The molecule has 0 saturated heterocycles. The Kier molecular flexibility index (Phi) is 5.03. The quantitative estimate of drug-likeness (QED) is 0.818.